The molecule has 184 valence electrons. The molecule has 4 rings (SSSR count). The van der Waals surface area contributed by atoms with Crippen molar-refractivity contribution in [3.05, 3.63) is 92.9 Å². The van der Waals surface area contributed by atoms with Crippen molar-refractivity contribution in [2.75, 3.05) is 19.0 Å². The van der Waals surface area contributed by atoms with Gasteiger partial charge in [-0.3, -0.25) is 14.5 Å². The van der Waals surface area contributed by atoms with Gasteiger partial charge in [-0.1, -0.05) is 30.3 Å². The van der Waals surface area contributed by atoms with Crippen molar-refractivity contribution in [2.45, 2.75) is 6.54 Å². The highest BCUT2D eigenvalue weighted by Gasteiger charge is 2.33. The molecule has 1 fully saturated rings. The van der Waals surface area contributed by atoms with E-state index in [0.717, 1.165) is 4.90 Å². The summed E-state index contributed by atoms with van der Waals surface area (Å²) in [6.07, 6.45) is 1.53. The first kappa shape index (κ1) is 25.2. The number of halogens is 2. The summed E-state index contributed by atoms with van der Waals surface area (Å²) in [6.45, 7) is -0.213. The van der Waals surface area contributed by atoms with Gasteiger partial charge in [-0.05, 0) is 76.2 Å². The number of methoxy groups -OCH3 is 1. The number of carbonyl (C=O) groups is 3. The molecule has 3 aromatic rings. The largest absolute Gasteiger partial charge is 0.493 e. The number of hydrogen-bond donors (Lipinski definition) is 2. The summed E-state index contributed by atoms with van der Waals surface area (Å²) < 4.78 is 24.9. The number of urea groups is 1. The number of para-hydroxylation sites is 1. The normalized spacial score (nSPS) is 14.1. The van der Waals surface area contributed by atoms with Crippen molar-refractivity contribution >= 4 is 52.2 Å². The van der Waals surface area contributed by atoms with Crippen molar-refractivity contribution in [3.8, 4) is 11.5 Å². The van der Waals surface area contributed by atoms with E-state index in [-0.39, 0.29) is 24.8 Å². The fraction of sp³-hybridized carbons (Fsp3) is 0.115. The Morgan fingerprint density at radius 3 is 2.53 bits per heavy atom. The maximum absolute atomic E-state index is 13.1. The van der Waals surface area contributed by atoms with Crippen molar-refractivity contribution in [3.63, 3.8) is 0 Å². The Morgan fingerprint density at radius 1 is 1.11 bits per heavy atom. The molecule has 0 saturated carbocycles. The van der Waals surface area contributed by atoms with Gasteiger partial charge in [-0.25, -0.2) is 9.18 Å². The lowest BCUT2D eigenvalue weighted by molar-refractivity contribution is -0.123. The second-order valence-corrected chi connectivity index (χ2v) is 8.91. The summed E-state index contributed by atoms with van der Waals surface area (Å²) in [4.78, 5) is 38.5. The Balaban J connectivity index is 1.46. The second-order valence-electron chi connectivity index (χ2n) is 7.74. The lowest BCUT2D eigenvalue weighted by Crippen LogP contribution is -2.30. The highest BCUT2D eigenvalue weighted by Crippen LogP contribution is 2.35. The number of anilines is 1. The molecule has 0 aromatic heterocycles. The van der Waals surface area contributed by atoms with Gasteiger partial charge in [-0.15, -0.1) is 0 Å². The Hall–Kier alpha value is -3.93. The summed E-state index contributed by atoms with van der Waals surface area (Å²) in [5.74, 6) is -0.490. The molecule has 1 aliphatic heterocycles. The molecule has 36 heavy (non-hydrogen) atoms. The molecule has 10 heteroatoms. The summed E-state index contributed by atoms with van der Waals surface area (Å²) in [5.41, 5.74) is 1.96. The predicted octanol–water partition coefficient (Wildman–Crippen LogP) is 4.55. The van der Waals surface area contributed by atoms with Gasteiger partial charge in [0.1, 0.15) is 11.5 Å². The van der Waals surface area contributed by atoms with Crippen molar-refractivity contribution in [1.82, 2.24) is 10.2 Å². The zero-order chi connectivity index (χ0) is 25.7. The molecule has 0 radical (unpaired) electrons. The summed E-state index contributed by atoms with van der Waals surface area (Å²) in [6, 6.07) is 17.4. The van der Waals surface area contributed by atoms with Crippen LogP contribution in [-0.4, -0.2) is 36.5 Å². The first-order valence-electron chi connectivity index (χ1n) is 10.8. The third-order valence-corrected chi connectivity index (χ3v) is 5.99. The minimum atomic E-state index is -0.568. The van der Waals surface area contributed by atoms with Crippen molar-refractivity contribution in [1.29, 1.82) is 0 Å². The average molecular weight is 601 g/mol. The highest BCUT2D eigenvalue weighted by molar-refractivity contribution is 14.1. The number of imide groups is 1. The highest BCUT2D eigenvalue weighted by atomic mass is 127. The maximum atomic E-state index is 13.1. The Labute approximate surface area is 220 Å². The van der Waals surface area contributed by atoms with Gasteiger partial charge >= 0.3 is 6.03 Å². The standard InChI is InChI=1S/C26H21FIN3O5/c1-35-22-13-17(11-20(28)24(22)36-15-23(32)29-19-5-3-2-4-6-19)12-21-25(33)31(26(34)30-21)14-16-7-9-18(27)10-8-16/h2-13H,14-15H2,1H3,(H,29,32)(H,30,34)/b21-12+. The molecular weight excluding hydrogens is 580 g/mol. The maximum Gasteiger partial charge on any atom is 0.329 e. The lowest BCUT2D eigenvalue weighted by Gasteiger charge is -2.14. The zero-order valence-electron chi connectivity index (χ0n) is 19.1. The van der Waals surface area contributed by atoms with E-state index in [2.05, 4.69) is 10.6 Å². The van der Waals surface area contributed by atoms with Crippen LogP contribution in [0.1, 0.15) is 11.1 Å². The number of ether oxygens (including phenoxy) is 2. The van der Waals surface area contributed by atoms with Gasteiger partial charge < -0.3 is 20.1 Å². The van der Waals surface area contributed by atoms with Crippen LogP contribution in [0, 0.1) is 9.39 Å². The van der Waals surface area contributed by atoms with E-state index in [1.54, 1.807) is 24.3 Å². The molecule has 1 heterocycles. The predicted molar refractivity (Wildman–Crippen MR) is 140 cm³/mol. The quantitative estimate of drug-likeness (QED) is 0.225. The molecule has 3 aromatic carbocycles. The Morgan fingerprint density at radius 2 is 1.83 bits per heavy atom. The topological polar surface area (TPSA) is 97.0 Å². The molecule has 1 aliphatic rings. The van der Waals surface area contributed by atoms with Crippen LogP contribution in [0.3, 0.4) is 0 Å². The van der Waals surface area contributed by atoms with E-state index >= 15 is 0 Å². The van der Waals surface area contributed by atoms with Crippen LogP contribution in [0.2, 0.25) is 0 Å². The fourth-order valence-corrected chi connectivity index (χ4v) is 4.25. The zero-order valence-corrected chi connectivity index (χ0v) is 21.2. The van der Waals surface area contributed by atoms with Gasteiger partial charge in [0.25, 0.3) is 11.8 Å². The molecule has 1 saturated heterocycles. The number of carbonyl (C=O) groups excluding carboxylic acids is 3. The van der Waals surface area contributed by atoms with E-state index < -0.39 is 17.8 Å². The van der Waals surface area contributed by atoms with Crippen LogP contribution in [0.25, 0.3) is 6.08 Å². The lowest BCUT2D eigenvalue weighted by atomic mass is 10.1. The van der Waals surface area contributed by atoms with E-state index in [0.29, 0.717) is 31.9 Å². The van der Waals surface area contributed by atoms with Crippen LogP contribution in [0.15, 0.2) is 72.4 Å². The molecule has 0 atom stereocenters. The number of rotatable bonds is 8. The molecular formula is C26H21FIN3O5. The van der Waals surface area contributed by atoms with Crippen LogP contribution < -0.4 is 20.1 Å². The molecule has 8 nitrogen and oxygen atoms in total. The Bertz CT molecular complexity index is 1330. The Kier molecular flexibility index (Phi) is 7.84. The van der Waals surface area contributed by atoms with Gasteiger partial charge in [0.15, 0.2) is 18.1 Å². The summed E-state index contributed by atoms with van der Waals surface area (Å²) >= 11 is 2.04. The van der Waals surface area contributed by atoms with E-state index in [1.807, 2.05) is 40.8 Å². The minimum absolute atomic E-state index is 0.0148. The minimum Gasteiger partial charge on any atom is -0.493 e. The van der Waals surface area contributed by atoms with E-state index in [1.165, 1.54) is 37.5 Å². The monoisotopic (exact) mass is 601 g/mol. The average Bonchev–Trinajstić information content (AvgIpc) is 3.12. The number of nitrogens with zero attached hydrogens (tertiary/aromatic N) is 1. The molecule has 0 bridgehead atoms. The van der Waals surface area contributed by atoms with Crippen LogP contribution in [0.5, 0.6) is 11.5 Å². The SMILES string of the molecule is COc1cc(/C=C2/NC(=O)N(Cc3ccc(F)cc3)C2=O)cc(I)c1OCC(=O)Nc1ccccc1. The van der Waals surface area contributed by atoms with Crippen molar-refractivity contribution in [2.24, 2.45) is 0 Å². The number of hydrogen-bond acceptors (Lipinski definition) is 5. The molecule has 0 aliphatic carbocycles. The fourth-order valence-electron chi connectivity index (χ4n) is 3.47. The summed E-state index contributed by atoms with van der Waals surface area (Å²) in [5, 5.41) is 5.31. The van der Waals surface area contributed by atoms with E-state index in [9.17, 15) is 18.8 Å². The number of amides is 4. The van der Waals surface area contributed by atoms with Gasteiger partial charge in [-0.2, -0.15) is 0 Å². The molecule has 2 N–H and O–H groups in total. The molecule has 0 unspecified atom stereocenters. The first-order chi connectivity index (χ1) is 17.3. The van der Waals surface area contributed by atoms with Crippen molar-refractivity contribution < 1.29 is 28.2 Å². The third kappa shape index (κ3) is 6.00. The van der Waals surface area contributed by atoms with Gasteiger partial charge in [0.05, 0.1) is 17.2 Å². The van der Waals surface area contributed by atoms with Crippen LogP contribution in [0.4, 0.5) is 14.9 Å². The van der Waals surface area contributed by atoms with Crippen LogP contribution >= 0.6 is 22.6 Å². The van der Waals surface area contributed by atoms with Crippen LogP contribution in [-0.2, 0) is 16.1 Å². The summed E-state index contributed by atoms with van der Waals surface area (Å²) in [7, 11) is 1.46. The number of nitrogens with one attached hydrogen (secondary N) is 2. The molecule has 0 spiro atoms. The molecule has 4 amide bonds. The first-order valence-corrected chi connectivity index (χ1v) is 11.9. The third-order valence-electron chi connectivity index (χ3n) is 5.18. The van der Waals surface area contributed by atoms with E-state index in [4.69, 9.17) is 9.47 Å². The smallest absolute Gasteiger partial charge is 0.329 e. The number of benzene rings is 3. The van der Waals surface area contributed by atoms with Gasteiger partial charge in [0.2, 0.25) is 0 Å². The van der Waals surface area contributed by atoms with Gasteiger partial charge in [0, 0.05) is 5.69 Å². The second kappa shape index (κ2) is 11.2.